The second-order valence-electron chi connectivity index (χ2n) is 5.26. The van der Waals surface area contributed by atoms with Crippen LogP contribution in [0.2, 0.25) is 0 Å². The number of hydrogen-bond acceptors (Lipinski definition) is 2. The van der Waals surface area contributed by atoms with Crippen molar-refractivity contribution in [3.05, 3.63) is 42.1 Å². The molecule has 2 heterocycles. The first-order valence-electron chi connectivity index (χ1n) is 6.95. The minimum absolute atomic E-state index is 0.509. The summed E-state index contributed by atoms with van der Waals surface area (Å²) in [4.78, 5) is 4.45. The molecule has 1 saturated heterocycles. The molecule has 3 rings (SSSR count). The molecule has 18 heavy (non-hydrogen) atoms. The monoisotopic (exact) mass is 240 g/mol. The van der Waals surface area contributed by atoms with Crippen LogP contribution in [-0.2, 0) is 0 Å². The molecule has 94 valence electrons. The van der Waals surface area contributed by atoms with Crippen LogP contribution < -0.4 is 5.32 Å². The fourth-order valence-corrected chi connectivity index (χ4v) is 2.92. The highest BCUT2D eigenvalue weighted by atomic mass is 14.9. The third kappa shape index (κ3) is 2.25. The smallest absolute Gasteiger partial charge is 0.0705 e. The van der Waals surface area contributed by atoms with E-state index >= 15 is 0 Å². The van der Waals surface area contributed by atoms with Gasteiger partial charge >= 0.3 is 0 Å². The average molecular weight is 240 g/mol. The quantitative estimate of drug-likeness (QED) is 0.866. The maximum atomic E-state index is 4.45. The van der Waals surface area contributed by atoms with Gasteiger partial charge in [-0.15, -0.1) is 0 Å². The number of hydrogen-bond donors (Lipinski definition) is 1. The van der Waals surface area contributed by atoms with E-state index in [1.54, 1.807) is 0 Å². The number of fused-ring (bicyclic) bond motifs is 1. The lowest BCUT2D eigenvalue weighted by Gasteiger charge is -2.30. The average Bonchev–Trinajstić information content (AvgIpc) is 2.47. The molecule has 0 saturated carbocycles. The van der Waals surface area contributed by atoms with Crippen molar-refractivity contribution >= 4 is 10.9 Å². The molecule has 1 aromatic heterocycles. The molecule has 2 heteroatoms. The lowest BCUT2D eigenvalue weighted by molar-refractivity contribution is 0.299. The van der Waals surface area contributed by atoms with Gasteiger partial charge in [0.05, 0.1) is 5.52 Å². The first-order valence-corrected chi connectivity index (χ1v) is 6.95. The number of rotatable bonds is 2. The number of nitrogens with zero attached hydrogens (tertiary/aromatic N) is 1. The molecular formula is C16H20N2. The minimum atomic E-state index is 0.509. The molecule has 2 atom stereocenters. The summed E-state index contributed by atoms with van der Waals surface area (Å²) in [6.07, 6.45) is 5.74. The number of nitrogens with one attached hydrogen (secondary N) is 1. The minimum Gasteiger partial charge on any atom is -0.310 e. The Labute approximate surface area is 108 Å². The van der Waals surface area contributed by atoms with E-state index in [1.807, 2.05) is 12.3 Å². The van der Waals surface area contributed by atoms with Crippen LogP contribution in [0.4, 0.5) is 0 Å². The SMILES string of the molecule is CCC1CCNC(c2ccc3cccnc3c2)C1. The van der Waals surface area contributed by atoms with E-state index in [1.165, 1.54) is 30.2 Å². The summed E-state index contributed by atoms with van der Waals surface area (Å²) in [5.74, 6) is 0.871. The predicted molar refractivity (Wildman–Crippen MR) is 75.5 cm³/mol. The van der Waals surface area contributed by atoms with Crippen LogP contribution in [0.15, 0.2) is 36.5 Å². The third-order valence-corrected chi connectivity index (χ3v) is 4.12. The van der Waals surface area contributed by atoms with Gasteiger partial charge in [0.15, 0.2) is 0 Å². The number of piperidine rings is 1. The maximum Gasteiger partial charge on any atom is 0.0705 e. The van der Waals surface area contributed by atoms with Crippen LogP contribution in [0, 0.1) is 5.92 Å². The summed E-state index contributed by atoms with van der Waals surface area (Å²) >= 11 is 0. The van der Waals surface area contributed by atoms with E-state index in [2.05, 4.69) is 41.5 Å². The molecule has 1 N–H and O–H groups in total. The Morgan fingerprint density at radius 2 is 2.28 bits per heavy atom. The van der Waals surface area contributed by atoms with Gasteiger partial charge in [-0.05, 0) is 43.0 Å². The van der Waals surface area contributed by atoms with Crippen molar-refractivity contribution in [1.82, 2.24) is 10.3 Å². The maximum absolute atomic E-state index is 4.45. The summed E-state index contributed by atoms with van der Waals surface area (Å²) in [5.41, 5.74) is 2.50. The van der Waals surface area contributed by atoms with E-state index in [4.69, 9.17) is 0 Å². The van der Waals surface area contributed by atoms with Crippen LogP contribution in [0.1, 0.15) is 37.8 Å². The Bertz CT molecular complexity index is 535. The zero-order valence-corrected chi connectivity index (χ0v) is 10.9. The predicted octanol–water partition coefficient (Wildman–Crippen LogP) is 3.69. The van der Waals surface area contributed by atoms with Crippen LogP contribution in [0.25, 0.3) is 10.9 Å². The van der Waals surface area contributed by atoms with Crippen LogP contribution in [-0.4, -0.2) is 11.5 Å². The van der Waals surface area contributed by atoms with Gasteiger partial charge in [-0.25, -0.2) is 0 Å². The van der Waals surface area contributed by atoms with Crippen molar-refractivity contribution in [3.63, 3.8) is 0 Å². The topological polar surface area (TPSA) is 24.9 Å². The van der Waals surface area contributed by atoms with Gasteiger partial charge in [0.1, 0.15) is 0 Å². The lowest BCUT2D eigenvalue weighted by Crippen LogP contribution is -2.31. The molecule has 1 aromatic carbocycles. The molecule has 0 aliphatic carbocycles. The number of aromatic nitrogens is 1. The zero-order chi connectivity index (χ0) is 12.4. The first-order chi connectivity index (χ1) is 8.86. The fourth-order valence-electron chi connectivity index (χ4n) is 2.92. The van der Waals surface area contributed by atoms with E-state index in [0.717, 1.165) is 18.0 Å². The van der Waals surface area contributed by atoms with Crippen molar-refractivity contribution < 1.29 is 0 Å². The molecule has 0 radical (unpaired) electrons. The van der Waals surface area contributed by atoms with Gasteiger partial charge in [0.25, 0.3) is 0 Å². The van der Waals surface area contributed by atoms with E-state index in [0.29, 0.717) is 6.04 Å². The fraction of sp³-hybridized carbons (Fsp3) is 0.438. The molecule has 1 aliphatic heterocycles. The van der Waals surface area contributed by atoms with E-state index < -0.39 is 0 Å². The molecule has 0 bridgehead atoms. The van der Waals surface area contributed by atoms with Gasteiger partial charge in [0.2, 0.25) is 0 Å². The Balaban J connectivity index is 1.89. The highest BCUT2D eigenvalue weighted by Crippen LogP contribution is 2.30. The molecular weight excluding hydrogens is 220 g/mol. The molecule has 1 aliphatic rings. The second kappa shape index (κ2) is 5.07. The Kier molecular flexibility index (Phi) is 3.28. The van der Waals surface area contributed by atoms with Crippen LogP contribution in [0.3, 0.4) is 0 Å². The third-order valence-electron chi connectivity index (χ3n) is 4.12. The Morgan fingerprint density at radius 1 is 1.33 bits per heavy atom. The number of pyridine rings is 1. The van der Waals surface area contributed by atoms with Crippen molar-refractivity contribution in [1.29, 1.82) is 0 Å². The summed E-state index contributed by atoms with van der Waals surface area (Å²) in [6, 6.07) is 11.3. The summed E-state index contributed by atoms with van der Waals surface area (Å²) in [5, 5.41) is 4.86. The van der Waals surface area contributed by atoms with Crippen molar-refractivity contribution in [2.24, 2.45) is 5.92 Å². The summed E-state index contributed by atoms with van der Waals surface area (Å²) in [7, 11) is 0. The van der Waals surface area contributed by atoms with Gasteiger partial charge in [-0.3, -0.25) is 4.98 Å². The number of benzene rings is 1. The lowest BCUT2D eigenvalue weighted by atomic mass is 9.87. The van der Waals surface area contributed by atoms with Gasteiger partial charge < -0.3 is 5.32 Å². The molecule has 1 fully saturated rings. The molecule has 0 spiro atoms. The molecule has 0 amide bonds. The van der Waals surface area contributed by atoms with Crippen molar-refractivity contribution in [3.8, 4) is 0 Å². The molecule has 2 unspecified atom stereocenters. The highest BCUT2D eigenvalue weighted by Gasteiger charge is 2.21. The van der Waals surface area contributed by atoms with Crippen molar-refractivity contribution in [2.75, 3.05) is 6.54 Å². The largest absolute Gasteiger partial charge is 0.310 e. The van der Waals surface area contributed by atoms with Gasteiger partial charge in [-0.1, -0.05) is 31.5 Å². The van der Waals surface area contributed by atoms with Crippen molar-refractivity contribution in [2.45, 2.75) is 32.2 Å². The second-order valence-corrected chi connectivity index (χ2v) is 5.26. The highest BCUT2D eigenvalue weighted by molar-refractivity contribution is 5.78. The summed E-state index contributed by atoms with van der Waals surface area (Å²) < 4.78 is 0. The van der Waals surface area contributed by atoms with E-state index in [-0.39, 0.29) is 0 Å². The first kappa shape index (κ1) is 11.7. The zero-order valence-electron chi connectivity index (χ0n) is 10.9. The Morgan fingerprint density at radius 3 is 3.17 bits per heavy atom. The standard InChI is InChI=1S/C16H20N2/c1-2-12-7-9-18-15(10-12)14-6-5-13-4-3-8-17-16(13)11-14/h3-6,8,11-12,15,18H,2,7,9-10H2,1H3. The van der Waals surface area contributed by atoms with Crippen LogP contribution >= 0.6 is 0 Å². The van der Waals surface area contributed by atoms with Crippen LogP contribution in [0.5, 0.6) is 0 Å². The van der Waals surface area contributed by atoms with Gasteiger partial charge in [0, 0.05) is 17.6 Å². The van der Waals surface area contributed by atoms with E-state index in [9.17, 15) is 0 Å². The Hall–Kier alpha value is -1.41. The van der Waals surface area contributed by atoms with Gasteiger partial charge in [-0.2, -0.15) is 0 Å². The molecule has 2 aromatic rings. The summed E-state index contributed by atoms with van der Waals surface area (Å²) in [6.45, 7) is 3.44. The molecule has 2 nitrogen and oxygen atoms in total. The normalized spacial score (nSPS) is 24.3.